The Kier molecular flexibility index (Phi) is 5.63. The van der Waals surface area contributed by atoms with Crippen molar-refractivity contribution in [2.45, 2.75) is 39.1 Å². The third kappa shape index (κ3) is 4.61. The third-order valence-corrected chi connectivity index (χ3v) is 2.47. The van der Waals surface area contributed by atoms with E-state index < -0.39 is 42.0 Å². The molecular weight excluding hydrogens is 272 g/mol. The molecule has 112 valence electrons. The first-order valence-corrected chi connectivity index (χ1v) is 5.93. The third-order valence-electron chi connectivity index (χ3n) is 2.47. The number of esters is 3. The average Bonchev–Trinajstić information content (AvgIpc) is 2.31. The van der Waals surface area contributed by atoms with Crippen LogP contribution in [0.15, 0.2) is 0 Å². The largest absolute Gasteiger partial charge is 0.463 e. The van der Waals surface area contributed by atoms with Crippen LogP contribution >= 0.6 is 0 Å². The number of rotatable bonds is 4. The number of carbonyl (C=O) groups excluding carboxylic acids is 4. The molecule has 0 unspecified atom stereocenters. The molecule has 0 radical (unpaired) electrons. The van der Waals surface area contributed by atoms with Crippen LogP contribution in [0.5, 0.6) is 0 Å². The number of Topliss-reactive ketones (excluding diaryl/α,β-unsaturated/α-hetero) is 1. The quantitative estimate of drug-likeness (QED) is 0.498. The van der Waals surface area contributed by atoms with Crippen molar-refractivity contribution in [1.82, 2.24) is 0 Å². The molecule has 1 fully saturated rings. The average molecular weight is 288 g/mol. The van der Waals surface area contributed by atoms with Gasteiger partial charge in [-0.25, -0.2) is 0 Å². The van der Waals surface area contributed by atoms with Crippen LogP contribution in [-0.4, -0.2) is 55.2 Å². The van der Waals surface area contributed by atoms with E-state index in [-0.39, 0.29) is 13.2 Å². The van der Waals surface area contributed by atoms with Crippen molar-refractivity contribution < 1.29 is 38.1 Å². The van der Waals surface area contributed by atoms with E-state index in [2.05, 4.69) is 0 Å². The van der Waals surface area contributed by atoms with Crippen molar-refractivity contribution >= 4 is 23.7 Å². The Morgan fingerprint density at radius 3 is 2.20 bits per heavy atom. The van der Waals surface area contributed by atoms with E-state index in [1.165, 1.54) is 6.92 Å². The molecule has 0 bridgehead atoms. The van der Waals surface area contributed by atoms with Gasteiger partial charge in [-0.15, -0.1) is 0 Å². The summed E-state index contributed by atoms with van der Waals surface area (Å²) < 4.78 is 19.8. The van der Waals surface area contributed by atoms with Gasteiger partial charge in [-0.1, -0.05) is 0 Å². The first kappa shape index (κ1) is 16.1. The van der Waals surface area contributed by atoms with Crippen molar-refractivity contribution in [3.63, 3.8) is 0 Å². The molecular formula is C12H16O8. The van der Waals surface area contributed by atoms with E-state index in [0.717, 1.165) is 13.8 Å². The predicted molar refractivity (Wildman–Crippen MR) is 62.5 cm³/mol. The van der Waals surface area contributed by atoms with Crippen LogP contribution < -0.4 is 0 Å². The minimum atomic E-state index is -1.26. The second kappa shape index (κ2) is 6.99. The van der Waals surface area contributed by atoms with Crippen molar-refractivity contribution in [2.75, 3.05) is 13.2 Å². The number of ketones is 1. The maximum Gasteiger partial charge on any atom is 0.303 e. The molecule has 0 spiro atoms. The van der Waals surface area contributed by atoms with E-state index in [9.17, 15) is 19.2 Å². The van der Waals surface area contributed by atoms with Gasteiger partial charge in [-0.2, -0.15) is 0 Å². The van der Waals surface area contributed by atoms with E-state index in [1.54, 1.807) is 0 Å². The lowest BCUT2D eigenvalue weighted by Gasteiger charge is -2.35. The van der Waals surface area contributed by atoms with Crippen LogP contribution in [0.3, 0.4) is 0 Å². The smallest absolute Gasteiger partial charge is 0.303 e. The summed E-state index contributed by atoms with van der Waals surface area (Å²) in [5, 5.41) is 0. The Bertz CT molecular complexity index is 416. The number of ether oxygens (including phenoxy) is 4. The van der Waals surface area contributed by atoms with Crippen molar-refractivity contribution in [3.05, 3.63) is 0 Å². The molecule has 0 saturated carbocycles. The molecule has 1 aliphatic heterocycles. The molecule has 0 aromatic rings. The maximum atomic E-state index is 11.7. The highest BCUT2D eigenvalue weighted by atomic mass is 16.6. The van der Waals surface area contributed by atoms with Gasteiger partial charge in [0.15, 0.2) is 6.10 Å². The lowest BCUT2D eigenvalue weighted by molar-refractivity contribution is -0.200. The maximum absolute atomic E-state index is 11.7. The molecule has 20 heavy (non-hydrogen) atoms. The van der Waals surface area contributed by atoms with Gasteiger partial charge in [0.25, 0.3) is 0 Å². The van der Waals surface area contributed by atoms with Gasteiger partial charge in [0.05, 0.1) is 0 Å². The molecule has 0 N–H and O–H groups in total. The monoisotopic (exact) mass is 288 g/mol. The zero-order valence-corrected chi connectivity index (χ0v) is 11.4. The summed E-state index contributed by atoms with van der Waals surface area (Å²) in [6.45, 7) is 2.96. The van der Waals surface area contributed by atoms with E-state index in [1.807, 2.05) is 0 Å². The Balaban J connectivity index is 2.86. The van der Waals surface area contributed by atoms with Gasteiger partial charge in [-0.3, -0.25) is 19.2 Å². The zero-order chi connectivity index (χ0) is 15.3. The summed E-state index contributed by atoms with van der Waals surface area (Å²) in [5.74, 6) is -2.42. The van der Waals surface area contributed by atoms with E-state index >= 15 is 0 Å². The molecule has 3 atom stereocenters. The number of carbonyl (C=O) groups is 4. The van der Waals surface area contributed by atoms with Gasteiger partial charge in [0, 0.05) is 20.8 Å². The highest BCUT2D eigenvalue weighted by Gasteiger charge is 2.44. The SMILES string of the molecule is CC(=O)OC[C@H]1OCC(=O)[C@@H](OC(C)=O)[C@H]1OC(C)=O. The van der Waals surface area contributed by atoms with Gasteiger partial charge >= 0.3 is 17.9 Å². The topological polar surface area (TPSA) is 105 Å². The van der Waals surface area contributed by atoms with Crippen LogP contribution in [0.25, 0.3) is 0 Å². The fourth-order valence-corrected chi connectivity index (χ4v) is 1.73. The highest BCUT2D eigenvalue weighted by Crippen LogP contribution is 2.20. The molecule has 1 rings (SSSR count). The first-order chi connectivity index (χ1) is 9.31. The normalized spacial score (nSPS) is 25.8. The summed E-state index contributed by atoms with van der Waals surface area (Å²) >= 11 is 0. The fraction of sp³-hybridized carbons (Fsp3) is 0.667. The lowest BCUT2D eigenvalue weighted by atomic mass is 10.0. The Morgan fingerprint density at radius 2 is 1.70 bits per heavy atom. The number of hydrogen-bond acceptors (Lipinski definition) is 8. The summed E-state index contributed by atoms with van der Waals surface area (Å²) in [7, 11) is 0. The summed E-state index contributed by atoms with van der Waals surface area (Å²) in [6, 6.07) is 0. The Labute approximate surface area is 115 Å². The molecule has 0 aliphatic carbocycles. The van der Waals surface area contributed by atoms with Crippen molar-refractivity contribution in [1.29, 1.82) is 0 Å². The Hall–Kier alpha value is -1.96. The molecule has 1 heterocycles. The number of hydrogen-bond donors (Lipinski definition) is 0. The van der Waals surface area contributed by atoms with Crippen LogP contribution in [0.1, 0.15) is 20.8 Å². The molecule has 1 aliphatic rings. The zero-order valence-electron chi connectivity index (χ0n) is 11.4. The van der Waals surface area contributed by atoms with Crippen LogP contribution in [0.2, 0.25) is 0 Å². The summed E-state index contributed by atoms with van der Waals surface area (Å²) in [5.41, 5.74) is 0. The molecule has 0 amide bonds. The van der Waals surface area contributed by atoms with Gasteiger partial charge in [0.1, 0.15) is 19.3 Å². The second-order valence-corrected chi connectivity index (χ2v) is 4.22. The molecule has 8 nitrogen and oxygen atoms in total. The second-order valence-electron chi connectivity index (χ2n) is 4.22. The summed E-state index contributed by atoms with van der Waals surface area (Å²) in [4.78, 5) is 44.6. The standard InChI is InChI=1S/C12H16O8/c1-6(13)17-5-10-12(20-8(3)15)11(19-7(2)14)9(16)4-18-10/h10-12H,4-5H2,1-3H3/t10-,11-,12+/m1/s1. The molecule has 8 heteroatoms. The minimum absolute atomic E-state index is 0.210. The minimum Gasteiger partial charge on any atom is -0.463 e. The first-order valence-electron chi connectivity index (χ1n) is 5.93. The highest BCUT2D eigenvalue weighted by molar-refractivity contribution is 5.88. The molecule has 1 saturated heterocycles. The van der Waals surface area contributed by atoms with Gasteiger partial charge in [-0.05, 0) is 0 Å². The summed E-state index contributed by atoms with van der Waals surface area (Å²) in [6.07, 6.45) is -3.27. The van der Waals surface area contributed by atoms with Gasteiger partial charge < -0.3 is 18.9 Å². The van der Waals surface area contributed by atoms with Crippen molar-refractivity contribution in [2.24, 2.45) is 0 Å². The Morgan fingerprint density at radius 1 is 1.10 bits per heavy atom. The van der Waals surface area contributed by atoms with Crippen molar-refractivity contribution in [3.8, 4) is 0 Å². The van der Waals surface area contributed by atoms with E-state index in [4.69, 9.17) is 18.9 Å². The van der Waals surface area contributed by atoms with Gasteiger partial charge in [0.2, 0.25) is 11.9 Å². The molecule has 0 aromatic carbocycles. The van der Waals surface area contributed by atoms with E-state index in [0.29, 0.717) is 0 Å². The lowest BCUT2D eigenvalue weighted by Crippen LogP contribution is -2.55. The van der Waals surface area contributed by atoms with Crippen LogP contribution in [0, 0.1) is 0 Å². The van der Waals surface area contributed by atoms with Crippen LogP contribution in [0.4, 0.5) is 0 Å². The molecule has 0 aromatic heterocycles. The van der Waals surface area contributed by atoms with Crippen LogP contribution in [-0.2, 0) is 38.1 Å². The predicted octanol–water partition coefficient (Wildman–Crippen LogP) is -0.619. The fourth-order valence-electron chi connectivity index (χ4n) is 1.73.